The molecule has 100 valence electrons. The van der Waals surface area contributed by atoms with Gasteiger partial charge in [0.15, 0.2) is 6.61 Å². The summed E-state index contributed by atoms with van der Waals surface area (Å²) in [5, 5.41) is 9.70. The normalized spacial score (nSPS) is 10.3. The number of aryl methyl sites for hydroxylation is 1. The lowest BCUT2D eigenvalue weighted by Gasteiger charge is -2.07. The highest BCUT2D eigenvalue weighted by molar-refractivity contribution is 6.35. The number of aromatic amines is 1. The van der Waals surface area contributed by atoms with Gasteiger partial charge in [0, 0.05) is 5.02 Å². The van der Waals surface area contributed by atoms with Crippen molar-refractivity contribution >= 4 is 35.1 Å². The predicted molar refractivity (Wildman–Crippen MR) is 71.7 cm³/mol. The molecule has 0 atom stereocenters. The van der Waals surface area contributed by atoms with Crippen LogP contribution >= 0.6 is 23.2 Å². The fourth-order valence-electron chi connectivity index (χ4n) is 1.29. The maximum atomic E-state index is 11.6. The second kappa shape index (κ2) is 5.90. The molecule has 0 fully saturated rings. The van der Waals surface area contributed by atoms with E-state index in [2.05, 4.69) is 20.5 Å². The Kier molecular flexibility index (Phi) is 4.24. The molecular formula is C11H10Cl2N4O2. The summed E-state index contributed by atoms with van der Waals surface area (Å²) >= 11 is 11.7. The Morgan fingerprint density at radius 2 is 2.26 bits per heavy atom. The number of carbonyl (C=O) groups is 1. The van der Waals surface area contributed by atoms with E-state index in [9.17, 15) is 4.79 Å². The number of nitrogens with one attached hydrogen (secondary N) is 2. The second-order valence-corrected chi connectivity index (χ2v) is 4.50. The lowest BCUT2D eigenvalue weighted by Crippen LogP contribution is -2.21. The van der Waals surface area contributed by atoms with Crippen LogP contribution in [0.3, 0.4) is 0 Å². The molecule has 1 amide bonds. The third-order valence-corrected chi connectivity index (χ3v) is 2.63. The second-order valence-electron chi connectivity index (χ2n) is 3.66. The monoisotopic (exact) mass is 300 g/mol. The van der Waals surface area contributed by atoms with Gasteiger partial charge in [-0.15, -0.1) is 5.10 Å². The third-order valence-electron chi connectivity index (χ3n) is 2.10. The maximum absolute atomic E-state index is 11.6. The van der Waals surface area contributed by atoms with E-state index in [-0.39, 0.29) is 18.5 Å². The molecule has 0 radical (unpaired) electrons. The summed E-state index contributed by atoms with van der Waals surface area (Å²) in [7, 11) is 0. The Labute approximate surface area is 119 Å². The zero-order valence-corrected chi connectivity index (χ0v) is 11.4. The first-order chi connectivity index (χ1) is 9.04. The number of carbonyl (C=O) groups excluding carboxylic acids is 1. The van der Waals surface area contributed by atoms with E-state index in [1.165, 1.54) is 6.07 Å². The van der Waals surface area contributed by atoms with Crippen molar-refractivity contribution in [3.8, 4) is 5.75 Å². The van der Waals surface area contributed by atoms with E-state index in [4.69, 9.17) is 27.9 Å². The average molecular weight is 301 g/mol. The minimum absolute atomic E-state index is 0.199. The first-order valence-electron chi connectivity index (χ1n) is 5.31. The summed E-state index contributed by atoms with van der Waals surface area (Å²) in [6.07, 6.45) is 0. The molecule has 1 heterocycles. The molecular weight excluding hydrogens is 291 g/mol. The van der Waals surface area contributed by atoms with Crippen LogP contribution in [0.1, 0.15) is 5.82 Å². The number of anilines is 1. The number of hydrogen-bond acceptors (Lipinski definition) is 4. The Hall–Kier alpha value is -1.79. The van der Waals surface area contributed by atoms with Gasteiger partial charge >= 0.3 is 0 Å². The van der Waals surface area contributed by atoms with E-state index in [0.717, 1.165) is 0 Å². The molecule has 0 saturated carbocycles. The van der Waals surface area contributed by atoms with E-state index >= 15 is 0 Å². The van der Waals surface area contributed by atoms with Crippen molar-refractivity contribution < 1.29 is 9.53 Å². The van der Waals surface area contributed by atoms with Crippen molar-refractivity contribution in [2.24, 2.45) is 0 Å². The fraction of sp³-hybridized carbons (Fsp3) is 0.182. The average Bonchev–Trinajstić information content (AvgIpc) is 2.73. The molecule has 6 nitrogen and oxygen atoms in total. The molecule has 2 N–H and O–H groups in total. The Bertz CT molecular complexity index is 600. The Morgan fingerprint density at radius 3 is 2.89 bits per heavy atom. The highest BCUT2D eigenvalue weighted by atomic mass is 35.5. The molecule has 1 aromatic heterocycles. The molecule has 0 spiro atoms. The van der Waals surface area contributed by atoms with Gasteiger partial charge in [-0.05, 0) is 25.1 Å². The van der Waals surface area contributed by atoms with Gasteiger partial charge in [-0.3, -0.25) is 15.2 Å². The quantitative estimate of drug-likeness (QED) is 0.909. The number of amides is 1. The van der Waals surface area contributed by atoms with Gasteiger partial charge in [0.05, 0.1) is 5.02 Å². The van der Waals surface area contributed by atoms with Gasteiger partial charge in [0.2, 0.25) is 5.95 Å². The van der Waals surface area contributed by atoms with Crippen molar-refractivity contribution in [2.75, 3.05) is 11.9 Å². The van der Waals surface area contributed by atoms with Gasteiger partial charge in [-0.2, -0.15) is 4.98 Å². The van der Waals surface area contributed by atoms with Crippen molar-refractivity contribution in [2.45, 2.75) is 6.92 Å². The van der Waals surface area contributed by atoms with Gasteiger partial charge in [-0.25, -0.2) is 0 Å². The van der Waals surface area contributed by atoms with Crippen LogP contribution in [-0.2, 0) is 4.79 Å². The molecule has 0 aliphatic heterocycles. The predicted octanol–water partition coefficient (Wildman–Crippen LogP) is 2.44. The summed E-state index contributed by atoms with van der Waals surface area (Å²) in [6, 6.07) is 4.75. The van der Waals surface area contributed by atoms with Gasteiger partial charge in [-0.1, -0.05) is 23.2 Å². The molecule has 2 rings (SSSR count). The molecule has 2 aromatic rings. The van der Waals surface area contributed by atoms with Crippen molar-refractivity contribution in [3.63, 3.8) is 0 Å². The zero-order chi connectivity index (χ0) is 13.8. The summed E-state index contributed by atoms with van der Waals surface area (Å²) in [5.41, 5.74) is 0. The third kappa shape index (κ3) is 3.84. The summed E-state index contributed by atoms with van der Waals surface area (Å²) < 4.78 is 5.26. The van der Waals surface area contributed by atoms with Crippen LogP contribution < -0.4 is 10.1 Å². The lowest BCUT2D eigenvalue weighted by molar-refractivity contribution is -0.118. The van der Waals surface area contributed by atoms with Crippen molar-refractivity contribution in [1.29, 1.82) is 0 Å². The smallest absolute Gasteiger partial charge is 0.264 e. The van der Waals surface area contributed by atoms with Gasteiger partial charge in [0.1, 0.15) is 11.6 Å². The number of rotatable bonds is 4. The SMILES string of the molecule is Cc1nc(NC(=O)COc2ccc(Cl)cc2Cl)n[nH]1. The number of ether oxygens (including phenoxy) is 1. The van der Waals surface area contributed by atoms with Crippen molar-refractivity contribution in [3.05, 3.63) is 34.1 Å². The summed E-state index contributed by atoms with van der Waals surface area (Å²) in [5.74, 6) is 0.808. The minimum Gasteiger partial charge on any atom is -0.482 e. The van der Waals surface area contributed by atoms with Crippen molar-refractivity contribution in [1.82, 2.24) is 15.2 Å². The first kappa shape index (κ1) is 13.6. The minimum atomic E-state index is -0.384. The van der Waals surface area contributed by atoms with Crippen LogP contribution in [0.25, 0.3) is 0 Å². The molecule has 0 saturated heterocycles. The lowest BCUT2D eigenvalue weighted by atomic mass is 10.3. The largest absolute Gasteiger partial charge is 0.482 e. The molecule has 8 heteroatoms. The van der Waals surface area contributed by atoms with E-state index < -0.39 is 0 Å². The fourth-order valence-corrected chi connectivity index (χ4v) is 1.76. The van der Waals surface area contributed by atoms with E-state index in [1.807, 2.05) is 0 Å². The number of nitrogens with zero attached hydrogens (tertiary/aromatic N) is 2. The molecule has 1 aromatic carbocycles. The highest BCUT2D eigenvalue weighted by Crippen LogP contribution is 2.27. The summed E-state index contributed by atoms with van der Waals surface area (Å²) in [6.45, 7) is 1.53. The molecule has 0 aliphatic carbocycles. The van der Waals surface area contributed by atoms with Crippen LogP contribution in [-0.4, -0.2) is 27.7 Å². The molecule has 19 heavy (non-hydrogen) atoms. The number of aromatic nitrogens is 3. The van der Waals surface area contributed by atoms with Gasteiger partial charge in [0.25, 0.3) is 5.91 Å². The molecule has 0 aliphatic rings. The zero-order valence-electron chi connectivity index (χ0n) is 9.91. The van der Waals surface area contributed by atoms with Crippen LogP contribution in [0.15, 0.2) is 18.2 Å². The van der Waals surface area contributed by atoms with E-state index in [0.29, 0.717) is 21.6 Å². The van der Waals surface area contributed by atoms with Crippen LogP contribution in [0.5, 0.6) is 5.75 Å². The summed E-state index contributed by atoms with van der Waals surface area (Å²) in [4.78, 5) is 15.5. The topological polar surface area (TPSA) is 79.9 Å². The Balaban J connectivity index is 1.89. The first-order valence-corrected chi connectivity index (χ1v) is 6.07. The maximum Gasteiger partial charge on any atom is 0.264 e. The number of H-pyrrole nitrogens is 1. The number of hydrogen-bond donors (Lipinski definition) is 2. The standard InChI is InChI=1S/C11H10Cl2N4O2/c1-6-14-11(17-16-6)15-10(18)5-19-9-3-2-7(12)4-8(9)13/h2-4H,5H2,1H3,(H2,14,15,16,17,18). The van der Waals surface area contributed by atoms with E-state index in [1.54, 1.807) is 19.1 Å². The van der Waals surface area contributed by atoms with Crippen LogP contribution in [0.2, 0.25) is 10.0 Å². The van der Waals surface area contributed by atoms with Crippen LogP contribution in [0, 0.1) is 6.92 Å². The van der Waals surface area contributed by atoms with Gasteiger partial charge < -0.3 is 4.74 Å². The molecule has 0 bridgehead atoms. The van der Waals surface area contributed by atoms with Crippen LogP contribution in [0.4, 0.5) is 5.95 Å². The number of benzene rings is 1. The molecule has 0 unspecified atom stereocenters. The highest BCUT2D eigenvalue weighted by Gasteiger charge is 2.09. The Morgan fingerprint density at radius 1 is 1.47 bits per heavy atom. The number of halogens is 2.